The van der Waals surface area contributed by atoms with Crippen LogP contribution >= 0.6 is 0 Å². The van der Waals surface area contributed by atoms with Crippen molar-refractivity contribution in [1.82, 2.24) is 10.2 Å². The van der Waals surface area contributed by atoms with E-state index in [-0.39, 0.29) is 36.9 Å². The smallest absolute Gasteiger partial charge is 0.261 e. The predicted molar refractivity (Wildman–Crippen MR) is 151 cm³/mol. The van der Waals surface area contributed by atoms with Gasteiger partial charge in [0.05, 0.1) is 7.11 Å². The predicted octanol–water partition coefficient (Wildman–Crippen LogP) is 5.75. The molecule has 3 aromatic carbocycles. The molecule has 0 aliphatic rings. The van der Waals surface area contributed by atoms with Crippen molar-refractivity contribution in [3.05, 3.63) is 95.6 Å². The SMILES string of the molecule is CCC(C)NC(=O)C(Cc1ccccc1)N(Cc1cccc(OC)c1)C(=O)COc1ccccc1C(C)C. The molecule has 3 aromatic rings. The van der Waals surface area contributed by atoms with Gasteiger partial charge in [-0.15, -0.1) is 0 Å². The highest BCUT2D eigenvalue weighted by atomic mass is 16.5. The van der Waals surface area contributed by atoms with Crippen LogP contribution in [0.5, 0.6) is 11.5 Å². The molecule has 0 saturated carbocycles. The van der Waals surface area contributed by atoms with Gasteiger partial charge in [0.1, 0.15) is 17.5 Å². The van der Waals surface area contributed by atoms with Gasteiger partial charge in [-0.1, -0.05) is 81.4 Å². The summed E-state index contributed by atoms with van der Waals surface area (Å²) in [6.07, 6.45) is 1.18. The average Bonchev–Trinajstić information content (AvgIpc) is 2.94. The van der Waals surface area contributed by atoms with Gasteiger partial charge >= 0.3 is 0 Å². The number of carbonyl (C=O) groups excluding carboxylic acids is 2. The van der Waals surface area contributed by atoms with E-state index in [1.165, 1.54) is 0 Å². The fourth-order valence-corrected chi connectivity index (χ4v) is 4.27. The number of nitrogens with one attached hydrogen (secondary N) is 1. The highest BCUT2D eigenvalue weighted by molar-refractivity contribution is 5.88. The van der Waals surface area contributed by atoms with Crippen LogP contribution in [0.2, 0.25) is 0 Å². The third kappa shape index (κ3) is 8.10. The molecule has 0 fully saturated rings. The largest absolute Gasteiger partial charge is 0.497 e. The van der Waals surface area contributed by atoms with Gasteiger partial charge in [0.15, 0.2) is 6.61 Å². The van der Waals surface area contributed by atoms with Crippen molar-refractivity contribution in [1.29, 1.82) is 0 Å². The van der Waals surface area contributed by atoms with Gasteiger partial charge in [-0.25, -0.2) is 0 Å². The first kappa shape index (κ1) is 28.8. The summed E-state index contributed by atoms with van der Waals surface area (Å²) in [6.45, 7) is 8.25. The lowest BCUT2D eigenvalue weighted by molar-refractivity contribution is -0.143. The third-order valence-electron chi connectivity index (χ3n) is 6.65. The Kier molecular flexibility index (Phi) is 10.8. The van der Waals surface area contributed by atoms with Crippen LogP contribution in [0.25, 0.3) is 0 Å². The van der Waals surface area contributed by atoms with Crippen molar-refractivity contribution >= 4 is 11.8 Å². The summed E-state index contributed by atoms with van der Waals surface area (Å²) in [7, 11) is 1.61. The van der Waals surface area contributed by atoms with Crippen LogP contribution in [-0.2, 0) is 22.6 Å². The normalized spacial score (nSPS) is 12.5. The van der Waals surface area contributed by atoms with Gasteiger partial charge in [-0.3, -0.25) is 9.59 Å². The maximum absolute atomic E-state index is 13.8. The number of ether oxygens (including phenoxy) is 2. The van der Waals surface area contributed by atoms with Crippen LogP contribution < -0.4 is 14.8 Å². The van der Waals surface area contributed by atoms with Crippen molar-refractivity contribution in [2.45, 2.75) is 65.1 Å². The summed E-state index contributed by atoms with van der Waals surface area (Å²) in [4.78, 5) is 29.1. The molecule has 38 heavy (non-hydrogen) atoms. The molecule has 2 unspecified atom stereocenters. The molecular weight excluding hydrogens is 476 g/mol. The lowest BCUT2D eigenvalue weighted by atomic mass is 10.0. The molecule has 0 heterocycles. The van der Waals surface area contributed by atoms with E-state index in [4.69, 9.17) is 9.47 Å². The second-order valence-electron chi connectivity index (χ2n) is 9.88. The molecule has 0 aromatic heterocycles. The Morgan fingerprint density at radius 1 is 0.895 bits per heavy atom. The van der Waals surface area contributed by atoms with Crippen LogP contribution in [0.1, 0.15) is 56.7 Å². The summed E-state index contributed by atoms with van der Waals surface area (Å²) in [5.74, 6) is 1.19. The average molecular weight is 517 g/mol. The summed E-state index contributed by atoms with van der Waals surface area (Å²) in [5.41, 5.74) is 2.89. The van der Waals surface area contributed by atoms with Crippen molar-refractivity contribution in [2.24, 2.45) is 0 Å². The van der Waals surface area contributed by atoms with E-state index in [2.05, 4.69) is 19.2 Å². The molecular formula is C32H40N2O4. The van der Waals surface area contributed by atoms with Crippen LogP contribution in [-0.4, -0.2) is 42.5 Å². The van der Waals surface area contributed by atoms with Gasteiger partial charge in [0.2, 0.25) is 5.91 Å². The van der Waals surface area contributed by atoms with Gasteiger partial charge < -0.3 is 19.7 Å². The fourth-order valence-electron chi connectivity index (χ4n) is 4.27. The van der Waals surface area contributed by atoms with E-state index in [0.29, 0.717) is 17.9 Å². The molecule has 6 nitrogen and oxygen atoms in total. The summed E-state index contributed by atoms with van der Waals surface area (Å²) in [6, 6.07) is 24.4. The Hall–Kier alpha value is -3.80. The standard InChI is InChI=1S/C32H40N2O4/c1-6-24(4)33-32(36)29(20-25-13-8-7-9-14-25)34(21-26-15-12-16-27(19-26)37-5)31(35)22-38-30-18-11-10-17-28(30)23(2)3/h7-19,23-24,29H,6,20-22H2,1-5H3,(H,33,36). The number of nitrogens with zero attached hydrogens (tertiary/aromatic N) is 1. The summed E-state index contributed by atoms with van der Waals surface area (Å²) >= 11 is 0. The van der Waals surface area contributed by atoms with Crippen molar-refractivity contribution in [3.63, 3.8) is 0 Å². The summed E-state index contributed by atoms with van der Waals surface area (Å²) in [5, 5.41) is 3.09. The quantitative estimate of drug-likeness (QED) is 0.314. The Morgan fingerprint density at radius 3 is 2.26 bits per heavy atom. The van der Waals surface area contributed by atoms with Crippen molar-refractivity contribution in [3.8, 4) is 11.5 Å². The highest BCUT2D eigenvalue weighted by Gasteiger charge is 2.31. The molecule has 202 valence electrons. The van der Waals surface area contributed by atoms with Gasteiger partial charge in [-0.2, -0.15) is 0 Å². The Morgan fingerprint density at radius 2 is 1.58 bits per heavy atom. The monoisotopic (exact) mass is 516 g/mol. The molecule has 3 rings (SSSR count). The number of methoxy groups -OCH3 is 1. The Bertz CT molecular complexity index is 1180. The first-order valence-electron chi connectivity index (χ1n) is 13.3. The number of benzene rings is 3. The highest BCUT2D eigenvalue weighted by Crippen LogP contribution is 2.26. The van der Waals surface area contributed by atoms with Crippen LogP contribution in [0.15, 0.2) is 78.9 Å². The maximum atomic E-state index is 13.8. The fraction of sp³-hybridized carbons (Fsp3) is 0.375. The minimum Gasteiger partial charge on any atom is -0.497 e. The lowest BCUT2D eigenvalue weighted by Crippen LogP contribution is -2.53. The Balaban J connectivity index is 1.95. The topological polar surface area (TPSA) is 67.9 Å². The molecule has 1 N–H and O–H groups in total. The first-order chi connectivity index (χ1) is 18.3. The van der Waals surface area contributed by atoms with Gasteiger partial charge in [0.25, 0.3) is 5.91 Å². The molecule has 2 amide bonds. The van der Waals surface area contributed by atoms with E-state index in [0.717, 1.165) is 23.1 Å². The van der Waals surface area contributed by atoms with E-state index < -0.39 is 6.04 Å². The number of rotatable bonds is 13. The van der Waals surface area contributed by atoms with Crippen molar-refractivity contribution in [2.75, 3.05) is 13.7 Å². The molecule has 0 aliphatic heterocycles. The number of para-hydroxylation sites is 1. The molecule has 0 radical (unpaired) electrons. The first-order valence-corrected chi connectivity index (χ1v) is 13.3. The van der Waals surface area contributed by atoms with Crippen LogP contribution in [0.3, 0.4) is 0 Å². The van der Waals surface area contributed by atoms with Crippen molar-refractivity contribution < 1.29 is 19.1 Å². The molecule has 0 bridgehead atoms. The summed E-state index contributed by atoms with van der Waals surface area (Å²) < 4.78 is 11.5. The molecule has 0 saturated heterocycles. The second-order valence-corrected chi connectivity index (χ2v) is 9.88. The van der Waals surface area contributed by atoms with E-state index in [9.17, 15) is 9.59 Å². The van der Waals surface area contributed by atoms with Crippen LogP contribution in [0.4, 0.5) is 0 Å². The minimum atomic E-state index is -0.714. The minimum absolute atomic E-state index is 0.0105. The second kappa shape index (κ2) is 14.2. The van der Waals surface area contributed by atoms with E-state index in [1.807, 2.05) is 92.7 Å². The zero-order valence-corrected chi connectivity index (χ0v) is 23.1. The number of hydrogen-bond acceptors (Lipinski definition) is 4. The molecule has 0 aliphatic carbocycles. The number of amides is 2. The lowest BCUT2D eigenvalue weighted by Gasteiger charge is -2.32. The third-order valence-corrected chi connectivity index (χ3v) is 6.65. The zero-order chi connectivity index (χ0) is 27.5. The zero-order valence-electron chi connectivity index (χ0n) is 23.1. The van der Waals surface area contributed by atoms with E-state index >= 15 is 0 Å². The van der Waals surface area contributed by atoms with E-state index in [1.54, 1.807) is 12.0 Å². The maximum Gasteiger partial charge on any atom is 0.261 e. The Labute approximate surface area is 227 Å². The van der Waals surface area contributed by atoms with Gasteiger partial charge in [-0.05, 0) is 54.2 Å². The number of hydrogen-bond donors (Lipinski definition) is 1. The molecule has 6 heteroatoms. The molecule has 2 atom stereocenters. The number of carbonyl (C=O) groups is 2. The van der Waals surface area contributed by atoms with Gasteiger partial charge in [0, 0.05) is 19.0 Å². The van der Waals surface area contributed by atoms with Crippen LogP contribution in [0, 0.1) is 0 Å². The molecule has 0 spiro atoms.